The maximum Gasteiger partial charge on any atom is 0.0261 e. The average Bonchev–Trinajstić information content (AvgIpc) is 2.34. The van der Waals surface area contributed by atoms with Gasteiger partial charge >= 0.3 is 0 Å². The van der Waals surface area contributed by atoms with Crippen molar-refractivity contribution in [3.05, 3.63) is 0 Å². The van der Waals surface area contributed by atoms with Crippen molar-refractivity contribution in [2.45, 2.75) is 106 Å². The lowest BCUT2D eigenvalue weighted by atomic mass is 9.62. The van der Waals surface area contributed by atoms with Crippen LogP contribution in [0.5, 0.6) is 0 Å². The number of hydrogen-bond acceptors (Lipinski definition) is 2. The molecular weight excluding hydrogens is 328 g/mol. The molecule has 24 heavy (non-hydrogen) atoms. The summed E-state index contributed by atoms with van der Waals surface area (Å²) >= 11 is 0. The first kappa shape index (κ1) is 24.7. The standard InChI is InChI=1S/C22H46S2/c1-15(2)18(7)14-20(8,9)23-24-22(12,13)21(10,11)19(16(3)4)17(5)6/h15-19H,14H2,1-13H3. The van der Waals surface area contributed by atoms with Crippen molar-refractivity contribution >= 4 is 21.6 Å². The highest BCUT2D eigenvalue weighted by Crippen LogP contribution is 2.57. The van der Waals surface area contributed by atoms with E-state index in [-0.39, 0.29) is 4.75 Å². The van der Waals surface area contributed by atoms with Crippen LogP contribution < -0.4 is 0 Å². The fourth-order valence-electron chi connectivity index (χ4n) is 4.21. The summed E-state index contributed by atoms with van der Waals surface area (Å²) in [6.07, 6.45) is 1.29. The maximum atomic E-state index is 2.50. The molecule has 0 bridgehead atoms. The average molecular weight is 375 g/mol. The molecule has 146 valence electrons. The predicted octanol–water partition coefficient (Wildman–Crippen LogP) is 8.56. The summed E-state index contributed by atoms with van der Waals surface area (Å²) < 4.78 is 0.572. The second-order valence-corrected chi connectivity index (χ2v) is 14.1. The van der Waals surface area contributed by atoms with Gasteiger partial charge in [-0.05, 0) is 69.1 Å². The Labute approximate surface area is 162 Å². The van der Waals surface area contributed by atoms with Gasteiger partial charge in [-0.15, -0.1) is 0 Å². The quantitative estimate of drug-likeness (QED) is 0.351. The Morgan fingerprint density at radius 1 is 0.625 bits per heavy atom. The smallest absolute Gasteiger partial charge is 0.0261 e. The van der Waals surface area contributed by atoms with E-state index in [9.17, 15) is 0 Å². The van der Waals surface area contributed by atoms with Gasteiger partial charge in [-0.3, -0.25) is 0 Å². The van der Waals surface area contributed by atoms with Crippen molar-refractivity contribution in [2.24, 2.45) is 35.0 Å². The highest BCUT2D eigenvalue weighted by molar-refractivity contribution is 8.77. The lowest BCUT2D eigenvalue weighted by Gasteiger charge is -2.50. The molecule has 0 aliphatic rings. The molecule has 0 rings (SSSR count). The molecule has 0 saturated carbocycles. The summed E-state index contributed by atoms with van der Waals surface area (Å²) in [7, 11) is 4.24. The second-order valence-electron chi connectivity index (χ2n) is 10.6. The summed E-state index contributed by atoms with van der Waals surface area (Å²) in [5, 5.41) is 0. The van der Waals surface area contributed by atoms with Crippen LogP contribution in [0.25, 0.3) is 0 Å². The molecule has 0 heterocycles. The molecule has 0 aromatic heterocycles. The SMILES string of the molecule is CC(C)C(C)CC(C)(C)SSC(C)(C)C(C)(C)C(C(C)C)C(C)C. The van der Waals surface area contributed by atoms with E-state index in [1.54, 1.807) is 0 Å². The first-order chi connectivity index (χ1) is 10.5. The van der Waals surface area contributed by atoms with Crippen LogP contribution in [0.2, 0.25) is 0 Å². The normalized spacial score (nSPS) is 15.9. The molecule has 0 amide bonds. The van der Waals surface area contributed by atoms with E-state index < -0.39 is 0 Å². The maximum absolute atomic E-state index is 2.50. The topological polar surface area (TPSA) is 0 Å². The molecule has 1 atom stereocenters. The Morgan fingerprint density at radius 3 is 1.38 bits per heavy atom. The minimum atomic E-state index is 0.245. The molecule has 2 heteroatoms. The highest BCUT2D eigenvalue weighted by Gasteiger charge is 2.46. The molecular formula is C22H46S2. The fourth-order valence-corrected chi connectivity index (χ4v) is 7.47. The molecule has 0 fully saturated rings. The third-order valence-corrected chi connectivity index (χ3v) is 10.7. The van der Waals surface area contributed by atoms with E-state index in [0.29, 0.717) is 10.2 Å². The van der Waals surface area contributed by atoms with E-state index in [1.165, 1.54) is 6.42 Å². The summed E-state index contributed by atoms with van der Waals surface area (Å²) in [5.41, 5.74) is 0.298. The summed E-state index contributed by atoms with van der Waals surface area (Å²) in [6.45, 7) is 31.5. The number of rotatable bonds is 10. The predicted molar refractivity (Wildman–Crippen MR) is 119 cm³/mol. The van der Waals surface area contributed by atoms with Crippen molar-refractivity contribution in [3.63, 3.8) is 0 Å². The minimum absolute atomic E-state index is 0.245. The molecule has 0 N–H and O–H groups in total. The van der Waals surface area contributed by atoms with Gasteiger partial charge in [0.05, 0.1) is 0 Å². The van der Waals surface area contributed by atoms with Gasteiger partial charge in [-0.1, -0.05) is 83.9 Å². The summed E-state index contributed by atoms with van der Waals surface area (Å²) in [5.74, 6) is 3.73. The minimum Gasteiger partial charge on any atom is -0.0873 e. The van der Waals surface area contributed by atoms with Gasteiger partial charge in [-0.2, -0.15) is 0 Å². The summed E-state index contributed by atoms with van der Waals surface area (Å²) in [6, 6.07) is 0. The van der Waals surface area contributed by atoms with Gasteiger partial charge < -0.3 is 0 Å². The third-order valence-electron chi connectivity index (χ3n) is 6.25. The van der Waals surface area contributed by atoms with Crippen LogP contribution >= 0.6 is 21.6 Å². The fraction of sp³-hybridized carbons (Fsp3) is 1.00. The van der Waals surface area contributed by atoms with Crippen LogP contribution in [0, 0.1) is 35.0 Å². The molecule has 0 aromatic rings. The lowest BCUT2D eigenvalue weighted by molar-refractivity contribution is 0.0756. The van der Waals surface area contributed by atoms with Gasteiger partial charge in [-0.25, -0.2) is 0 Å². The zero-order chi connectivity index (χ0) is 19.5. The number of hydrogen-bond donors (Lipinski definition) is 0. The van der Waals surface area contributed by atoms with Crippen LogP contribution in [0.3, 0.4) is 0 Å². The molecule has 1 unspecified atom stereocenters. The molecule has 0 radical (unpaired) electrons. The lowest BCUT2D eigenvalue weighted by Crippen LogP contribution is -2.46. The van der Waals surface area contributed by atoms with E-state index in [2.05, 4.69) is 112 Å². The van der Waals surface area contributed by atoms with E-state index in [1.807, 2.05) is 0 Å². The van der Waals surface area contributed by atoms with E-state index >= 15 is 0 Å². The zero-order valence-corrected chi connectivity index (χ0v) is 20.5. The van der Waals surface area contributed by atoms with Crippen LogP contribution in [0.4, 0.5) is 0 Å². The highest BCUT2D eigenvalue weighted by atomic mass is 33.1. The molecule has 0 saturated heterocycles. The van der Waals surface area contributed by atoms with Gasteiger partial charge in [0.25, 0.3) is 0 Å². The second kappa shape index (κ2) is 9.07. The zero-order valence-electron chi connectivity index (χ0n) is 18.9. The van der Waals surface area contributed by atoms with Gasteiger partial charge in [0.1, 0.15) is 0 Å². The largest absolute Gasteiger partial charge is 0.0873 e. The Morgan fingerprint density at radius 2 is 1.04 bits per heavy atom. The first-order valence-electron chi connectivity index (χ1n) is 9.92. The Bertz CT molecular complexity index is 356. The van der Waals surface area contributed by atoms with E-state index in [4.69, 9.17) is 0 Å². The van der Waals surface area contributed by atoms with Gasteiger partial charge in [0.15, 0.2) is 0 Å². The monoisotopic (exact) mass is 374 g/mol. The van der Waals surface area contributed by atoms with E-state index in [0.717, 1.165) is 29.6 Å². The van der Waals surface area contributed by atoms with Crippen molar-refractivity contribution in [3.8, 4) is 0 Å². The molecule has 0 aliphatic heterocycles. The van der Waals surface area contributed by atoms with Gasteiger partial charge in [0, 0.05) is 9.49 Å². The van der Waals surface area contributed by atoms with Crippen molar-refractivity contribution in [2.75, 3.05) is 0 Å². The Balaban J connectivity index is 5.12. The molecule has 0 aliphatic carbocycles. The van der Waals surface area contributed by atoms with Gasteiger partial charge in [0.2, 0.25) is 0 Å². The third kappa shape index (κ3) is 6.78. The molecule has 0 nitrogen and oxygen atoms in total. The summed E-state index contributed by atoms with van der Waals surface area (Å²) in [4.78, 5) is 0. The first-order valence-corrected chi connectivity index (χ1v) is 12.1. The van der Waals surface area contributed by atoms with Crippen LogP contribution in [-0.4, -0.2) is 9.49 Å². The van der Waals surface area contributed by atoms with Crippen molar-refractivity contribution in [1.82, 2.24) is 0 Å². The van der Waals surface area contributed by atoms with Crippen LogP contribution in [0.15, 0.2) is 0 Å². The van der Waals surface area contributed by atoms with Crippen LogP contribution in [-0.2, 0) is 0 Å². The Kier molecular flexibility index (Phi) is 9.33. The molecule has 0 aromatic carbocycles. The Hall–Kier alpha value is 0.700. The molecule has 0 spiro atoms. The van der Waals surface area contributed by atoms with Crippen LogP contribution in [0.1, 0.15) is 96.4 Å². The van der Waals surface area contributed by atoms with Crippen molar-refractivity contribution < 1.29 is 0 Å². The van der Waals surface area contributed by atoms with Crippen molar-refractivity contribution in [1.29, 1.82) is 0 Å².